The summed E-state index contributed by atoms with van der Waals surface area (Å²) in [4.78, 5) is 0. The molecule has 0 spiro atoms. The van der Waals surface area contributed by atoms with Crippen molar-refractivity contribution in [3.8, 4) is 6.07 Å². The molecule has 0 bridgehead atoms. The van der Waals surface area contributed by atoms with Gasteiger partial charge in [-0.15, -0.1) is 0 Å². The zero-order valence-electron chi connectivity index (χ0n) is 9.45. The van der Waals surface area contributed by atoms with Gasteiger partial charge in [0.25, 0.3) is 0 Å². The van der Waals surface area contributed by atoms with Crippen LogP contribution in [0.4, 0.5) is 5.69 Å². The molecule has 0 amide bonds. The summed E-state index contributed by atoms with van der Waals surface area (Å²) in [6.07, 6.45) is 0. The van der Waals surface area contributed by atoms with Crippen LogP contribution in [-0.2, 0) is 6.54 Å². The molecule has 0 unspecified atom stereocenters. The molecule has 2 aromatic rings. The second-order valence-corrected chi connectivity index (χ2v) is 5.43. The molecule has 4 heteroatoms. The third-order valence-electron chi connectivity index (χ3n) is 2.51. The molecule has 0 atom stereocenters. The topological polar surface area (TPSA) is 35.8 Å². The highest BCUT2D eigenvalue weighted by molar-refractivity contribution is 14.1. The second kappa shape index (κ2) is 6.07. The fraction of sp³-hybridized carbons (Fsp3) is 0.0714. The summed E-state index contributed by atoms with van der Waals surface area (Å²) >= 11 is 8.38. The molecule has 0 aromatic heterocycles. The first-order valence-corrected chi connectivity index (χ1v) is 6.82. The van der Waals surface area contributed by atoms with Gasteiger partial charge in [-0.3, -0.25) is 0 Å². The van der Waals surface area contributed by atoms with E-state index in [1.54, 1.807) is 12.1 Å². The minimum absolute atomic E-state index is 0.581. The Balaban J connectivity index is 2.06. The largest absolute Gasteiger partial charge is 0.381 e. The van der Waals surface area contributed by atoms with Crippen molar-refractivity contribution in [3.63, 3.8) is 0 Å². The molecule has 0 saturated heterocycles. The number of rotatable bonds is 3. The van der Waals surface area contributed by atoms with Gasteiger partial charge in [-0.25, -0.2) is 0 Å². The van der Waals surface area contributed by atoms with Crippen molar-refractivity contribution in [1.29, 1.82) is 5.26 Å². The van der Waals surface area contributed by atoms with E-state index < -0.39 is 0 Å². The molecule has 2 nitrogen and oxygen atoms in total. The van der Waals surface area contributed by atoms with Gasteiger partial charge in [-0.2, -0.15) is 5.26 Å². The van der Waals surface area contributed by atoms with E-state index in [2.05, 4.69) is 34.0 Å². The van der Waals surface area contributed by atoms with Crippen LogP contribution in [0.5, 0.6) is 0 Å². The summed E-state index contributed by atoms with van der Waals surface area (Å²) in [6.45, 7) is 0.644. The zero-order chi connectivity index (χ0) is 13.0. The molecule has 2 aromatic carbocycles. The first-order chi connectivity index (χ1) is 8.69. The Kier molecular flexibility index (Phi) is 4.45. The average Bonchev–Trinajstić information content (AvgIpc) is 2.39. The van der Waals surface area contributed by atoms with Crippen LogP contribution in [0, 0.1) is 14.9 Å². The van der Waals surface area contributed by atoms with Crippen LogP contribution < -0.4 is 5.32 Å². The molecule has 1 N–H and O–H groups in total. The number of anilines is 1. The van der Waals surface area contributed by atoms with Crippen LogP contribution in [0.25, 0.3) is 0 Å². The Morgan fingerprint density at radius 3 is 2.50 bits per heavy atom. The summed E-state index contributed by atoms with van der Waals surface area (Å²) in [6, 6.07) is 15.6. The van der Waals surface area contributed by atoms with Gasteiger partial charge in [0.2, 0.25) is 0 Å². The van der Waals surface area contributed by atoms with Gasteiger partial charge in [0.1, 0.15) is 0 Å². The highest BCUT2D eigenvalue weighted by atomic mass is 127. The standard InChI is InChI=1S/C14H10ClIN2/c15-14-7-10(8-17)1-2-11(14)9-18-13-5-3-12(16)4-6-13/h1-7,18H,9H2. The summed E-state index contributed by atoms with van der Waals surface area (Å²) in [7, 11) is 0. The number of hydrogen-bond acceptors (Lipinski definition) is 2. The van der Waals surface area contributed by atoms with E-state index in [1.807, 2.05) is 30.3 Å². The summed E-state index contributed by atoms with van der Waals surface area (Å²) < 4.78 is 1.20. The van der Waals surface area contributed by atoms with E-state index in [0.29, 0.717) is 17.1 Å². The fourth-order valence-electron chi connectivity index (χ4n) is 1.53. The van der Waals surface area contributed by atoms with Crippen LogP contribution in [0.2, 0.25) is 5.02 Å². The molecule has 0 saturated carbocycles. The number of nitrogens with zero attached hydrogens (tertiary/aromatic N) is 1. The van der Waals surface area contributed by atoms with Gasteiger partial charge in [0, 0.05) is 20.8 Å². The lowest BCUT2D eigenvalue weighted by atomic mass is 10.1. The lowest BCUT2D eigenvalue weighted by molar-refractivity contribution is 1.15. The van der Waals surface area contributed by atoms with Gasteiger partial charge in [-0.05, 0) is 64.6 Å². The van der Waals surface area contributed by atoms with Gasteiger partial charge in [-0.1, -0.05) is 17.7 Å². The third-order valence-corrected chi connectivity index (χ3v) is 3.58. The van der Waals surface area contributed by atoms with Crippen molar-refractivity contribution in [2.24, 2.45) is 0 Å². The smallest absolute Gasteiger partial charge is 0.0992 e. The van der Waals surface area contributed by atoms with Gasteiger partial charge >= 0.3 is 0 Å². The van der Waals surface area contributed by atoms with E-state index in [1.165, 1.54) is 3.57 Å². The lowest BCUT2D eigenvalue weighted by Crippen LogP contribution is -2.00. The summed E-state index contributed by atoms with van der Waals surface area (Å²) in [5.41, 5.74) is 2.61. The van der Waals surface area contributed by atoms with Gasteiger partial charge in [0.15, 0.2) is 0 Å². The lowest BCUT2D eigenvalue weighted by Gasteiger charge is -2.08. The molecule has 90 valence electrons. The van der Waals surface area contributed by atoms with E-state index in [4.69, 9.17) is 16.9 Å². The second-order valence-electron chi connectivity index (χ2n) is 3.78. The molecule has 2 rings (SSSR count). The highest BCUT2D eigenvalue weighted by Crippen LogP contribution is 2.19. The maximum atomic E-state index is 8.76. The molecule has 0 fully saturated rings. The van der Waals surface area contributed by atoms with E-state index >= 15 is 0 Å². The molecule has 18 heavy (non-hydrogen) atoms. The average molecular weight is 369 g/mol. The van der Waals surface area contributed by atoms with Crippen LogP contribution in [0.15, 0.2) is 42.5 Å². The first kappa shape index (κ1) is 13.2. The predicted molar refractivity (Wildman–Crippen MR) is 82.7 cm³/mol. The SMILES string of the molecule is N#Cc1ccc(CNc2ccc(I)cc2)c(Cl)c1. The normalized spacial score (nSPS) is 9.83. The minimum atomic E-state index is 0.581. The molecule has 0 heterocycles. The Hall–Kier alpha value is -1.25. The van der Waals surface area contributed by atoms with Crippen molar-refractivity contribution < 1.29 is 0 Å². The molecule has 0 aliphatic heterocycles. The Morgan fingerprint density at radius 1 is 1.17 bits per heavy atom. The summed E-state index contributed by atoms with van der Waals surface area (Å²) in [5.74, 6) is 0. The van der Waals surface area contributed by atoms with Crippen LogP contribution in [-0.4, -0.2) is 0 Å². The van der Waals surface area contributed by atoms with Crippen molar-refractivity contribution in [2.45, 2.75) is 6.54 Å². The molecule has 0 radical (unpaired) electrons. The monoisotopic (exact) mass is 368 g/mol. The van der Waals surface area contributed by atoms with Crippen molar-refractivity contribution in [2.75, 3.05) is 5.32 Å². The predicted octanol–water partition coefficient (Wildman–Crippen LogP) is 4.43. The van der Waals surface area contributed by atoms with E-state index in [-0.39, 0.29) is 0 Å². The maximum Gasteiger partial charge on any atom is 0.0992 e. The Labute approximate surface area is 125 Å². The van der Waals surface area contributed by atoms with Crippen LogP contribution in [0.1, 0.15) is 11.1 Å². The number of halogens is 2. The summed E-state index contributed by atoms with van der Waals surface area (Å²) in [5, 5.41) is 12.7. The first-order valence-electron chi connectivity index (χ1n) is 5.37. The van der Waals surface area contributed by atoms with Crippen LogP contribution in [0.3, 0.4) is 0 Å². The quantitative estimate of drug-likeness (QED) is 0.814. The molecule has 0 aliphatic carbocycles. The highest BCUT2D eigenvalue weighted by Gasteiger charge is 2.01. The molecule has 0 aliphatic rings. The Bertz CT molecular complexity index is 588. The number of nitriles is 1. The van der Waals surface area contributed by atoms with Crippen molar-refractivity contribution >= 4 is 39.9 Å². The Morgan fingerprint density at radius 2 is 1.89 bits per heavy atom. The number of hydrogen-bond donors (Lipinski definition) is 1. The molecular weight excluding hydrogens is 359 g/mol. The van der Waals surface area contributed by atoms with Gasteiger partial charge in [0.05, 0.1) is 11.6 Å². The fourth-order valence-corrected chi connectivity index (χ4v) is 2.13. The number of nitrogens with one attached hydrogen (secondary N) is 1. The number of benzene rings is 2. The molecular formula is C14H10ClIN2. The van der Waals surface area contributed by atoms with E-state index in [9.17, 15) is 0 Å². The zero-order valence-corrected chi connectivity index (χ0v) is 12.4. The van der Waals surface area contributed by atoms with Gasteiger partial charge < -0.3 is 5.32 Å². The maximum absolute atomic E-state index is 8.76. The van der Waals surface area contributed by atoms with Crippen LogP contribution >= 0.6 is 34.2 Å². The van der Waals surface area contributed by atoms with Crippen molar-refractivity contribution in [1.82, 2.24) is 0 Å². The third kappa shape index (κ3) is 3.37. The van der Waals surface area contributed by atoms with Crippen molar-refractivity contribution in [3.05, 3.63) is 62.2 Å². The van der Waals surface area contributed by atoms with E-state index in [0.717, 1.165) is 11.3 Å². The minimum Gasteiger partial charge on any atom is -0.381 e.